The van der Waals surface area contributed by atoms with Crippen LogP contribution in [0.5, 0.6) is 0 Å². The predicted molar refractivity (Wildman–Crippen MR) is 20.4 cm³/mol. The third-order valence-electron chi connectivity index (χ3n) is 0.134. The first-order valence-corrected chi connectivity index (χ1v) is 4.52. The van der Waals surface area contributed by atoms with Crippen LogP contribution in [0, 0.1) is 0 Å². The third kappa shape index (κ3) is 3.74. The molecule has 0 atom stereocenters. The topological polar surface area (TPSA) is 85.2 Å². The molecule has 29 valence electrons. The summed E-state index contributed by atoms with van der Waals surface area (Å²) in [6, 6.07) is 0. The number of hydrogen-bond donors (Lipinski definition) is 0. The van der Waals surface area contributed by atoms with Gasteiger partial charge in [0.2, 0.25) is 0 Å². The number of hydrogen-bond acceptors (Lipinski definition) is 0. The van der Waals surface area contributed by atoms with E-state index in [0.717, 1.165) is 0 Å². The van der Waals surface area contributed by atoms with Crippen LogP contribution in [-0.4, -0.2) is 24.4 Å². The maximum absolute atomic E-state index is 7.64. The van der Waals surface area contributed by atoms with Crippen LogP contribution >= 0.6 is 0 Å². The molecule has 0 aromatic carbocycles. The van der Waals surface area contributed by atoms with Gasteiger partial charge in [0.15, 0.2) is 0 Å². The molecule has 0 saturated heterocycles. The Kier molecular flexibility index (Phi) is 4.54. The Morgan fingerprint density at radius 1 is 1.50 bits per heavy atom. The second kappa shape index (κ2) is 4.74. The summed E-state index contributed by atoms with van der Waals surface area (Å²) in [5, 5.41) is 0. The molecule has 0 aliphatic carbocycles. The molecular weight excluding hydrogens is 277 g/mol. The fraction of sp³-hybridized carbons (Fsp3) is 0. The summed E-state index contributed by atoms with van der Waals surface area (Å²) in [5.41, 5.74) is 15.2. The minimum atomic E-state index is -1.59. The second-order valence-electron chi connectivity index (χ2n) is 0.389. The van der Waals surface area contributed by atoms with Gasteiger partial charge in [-0.3, -0.25) is 0 Å². The molecule has 0 aromatic rings. The van der Waals surface area contributed by atoms with Gasteiger partial charge in [-0.1, -0.05) is 0 Å². The molecule has 0 aliphatic rings. The molecule has 5 nitrogen and oxygen atoms in total. The van der Waals surface area contributed by atoms with Crippen LogP contribution in [0.15, 0.2) is 2.92 Å². The number of nitrogens with zero attached hydrogens (tertiary/aromatic N) is 5. The van der Waals surface area contributed by atoms with Gasteiger partial charge < -0.3 is 0 Å². The van der Waals surface area contributed by atoms with Crippen LogP contribution in [0.4, 0.5) is 0 Å². The normalized spacial score (nSPS) is 4.67. The molecule has 0 fully saturated rings. The van der Waals surface area contributed by atoms with E-state index in [1.165, 1.54) is 0 Å². The van der Waals surface area contributed by atoms with Gasteiger partial charge >= 0.3 is 45.8 Å². The van der Waals surface area contributed by atoms with Crippen LogP contribution in [0.3, 0.4) is 0 Å². The van der Waals surface area contributed by atoms with E-state index in [1.54, 1.807) is 0 Å². The van der Waals surface area contributed by atoms with E-state index in [1.807, 2.05) is 0 Å². The fourth-order valence-electron chi connectivity index (χ4n) is 0.0400. The van der Waals surface area contributed by atoms with Crippen molar-refractivity contribution in [2.24, 2.45) is 2.92 Å². The molecule has 0 aliphatic heterocycles. The Morgan fingerprint density at radius 3 is 2.33 bits per heavy atom. The van der Waals surface area contributed by atoms with Crippen LogP contribution in [-0.2, 0) is 0 Å². The van der Waals surface area contributed by atoms with Crippen LogP contribution in [0.25, 0.3) is 16.0 Å². The Hall–Kier alpha value is -0.258. The second-order valence-corrected chi connectivity index (χ2v) is 2.72. The Labute approximate surface area is 46.1 Å². The molecule has 6 heavy (non-hydrogen) atoms. The van der Waals surface area contributed by atoms with Crippen LogP contribution < -0.4 is 2.53 Å². The Morgan fingerprint density at radius 2 is 2.17 bits per heavy atom. The quantitative estimate of drug-likeness (QED) is 0.283. The zero-order chi connectivity index (χ0) is 4.83. The van der Waals surface area contributed by atoms with Gasteiger partial charge in [-0.15, -0.1) is 0 Å². The van der Waals surface area contributed by atoms with Crippen molar-refractivity contribution in [1.29, 1.82) is 0 Å². The maximum atomic E-state index is 7.64. The average Bonchev–Trinajstić information content (AvgIpc) is 1.61. The predicted octanol–water partition coefficient (Wildman–Crippen LogP) is 0.188. The Bertz CT molecular complexity index is 95.9. The monoisotopic (exact) mass is 278 g/mol. The first-order valence-electron chi connectivity index (χ1n) is 1.05. The van der Waals surface area contributed by atoms with Crippen LogP contribution in [0.1, 0.15) is 0 Å². The summed E-state index contributed by atoms with van der Waals surface area (Å²) >= 11 is -1.59. The van der Waals surface area contributed by atoms with Crippen molar-refractivity contribution in [1.82, 2.24) is 2.53 Å². The van der Waals surface area contributed by atoms with Gasteiger partial charge in [-0.25, -0.2) is 0 Å². The van der Waals surface area contributed by atoms with Gasteiger partial charge in [0.25, 0.3) is 0 Å². The summed E-state index contributed by atoms with van der Waals surface area (Å²) in [5.74, 6) is 0. The van der Waals surface area contributed by atoms with E-state index in [2.05, 4.69) is 10.4 Å². The van der Waals surface area contributed by atoms with Gasteiger partial charge in [0.05, 0.1) is 0 Å². The van der Waals surface area contributed by atoms with E-state index in [4.69, 9.17) is 11.1 Å². The molecular formula is N5Pb. The molecule has 1 radical (unpaired) electrons. The van der Waals surface area contributed by atoms with Crippen molar-refractivity contribution in [2.45, 2.75) is 0 Å². The molecule has 0 heterocycles. The first-order chi connectivity index (χ1) is 2.91. The molecule has 0 unspecified atom stereocenters. The Balaban J connectivity index is 3.64. The van der Waals surface area contributed by atoms with E-state index >= 15 is 0 Å². The summed E-state index contributed by atoms with van der Waals surface area (Å²) in [4.78, 5) is 2.38. The summed E-state index contributed by atoms with van der Waals surface area (Å²) in [6.45, 7) is 0. The van der Waals surface area contributed by atoms with Crippen molar-refractivity contribution in [3.8, 4) is 0 Å². The summed E-state index contributed by atoms with van der Waals surface area (Å²) < 4.78 is 5.75. The zero-order valence-electron chi connectivity index (χ0n) is 2.74. The van der Waals surface area contributed by atoms with E-state index in [0.29, 0.717) is 0 Å². The van der Waals surface area contributed by atoms with Gasteiger partial charge in [-0.2, -0.15) is 0 Å². The molecule has 0 aromatic heterocycles. The minimum absolute atomic E-state index is 1.59. The van der Waals surface area contributed by atoms with Gasteiger partial charge in [0, 0.05) is 0 Å². The summed E-state index contributed by atoms with van der Waals surface area (Å²) in [6.07, 6.45) is 0. The summed E-state index contributed by atoms with van der Waals surface area (Å²) in [7, 11) is 0. The van der Waals surface area contributed by atoms with E-state index in [-0.39, 0.29) is 0 Å². The van der Waals surface area contributed by atoms with Gasteiger partial charge in [0.1, 0.15) is 0 Å². The zero-order valence-corrected chi connectivity index (χ0v) is 6.62. The SMILES string of the molecule is [N-]=[N+]=[N][Pb]=[N+]=[N-]. The van der Waals surface area contributed by atoms with Crippen LogP contribution in [0.2, 0.25) is 0 Å². The number of azide groups is 1. The van der Waals surface area contributed by atoms with Crippen molar-refractivity contribution in [3.63, 3.8) is 0 Å². The first kappa shape index (κ1) is 5.74. The van der Waals surface area contributed by atoms with Gasteiger partial charge in [-0.05, 0) is 0 Å². The fourth-order valence-corrected chi connectivity index (χ4v) is 0.351. The molecule has 0 spiro atoms. The molecule has 6 heteroatoms. The molecule has 0 N–H and O–H groups in total. The average molecular weight is 277 g/mol. The molecule has 0 amide bonds. The van der Waals surface area contributed by atoms with Crippen molar-refractivity contribution >= 4 is 24.4 Å². The molecule has 0 rings (SSSR count). The molecule has 0 bridgehead atoms. The number of rotatable bonds is 1. The molecule has 0 saturated carbocycles. The van der Waals surface area contributed by atoms with E-state index < -0.39 is 24.4 Å². The standard InChI is InChI=1S/N3.N2.Pb/c1-3-2;1-2;/q-1;;+1. The third-order valence-corrected chi connectivity index (χ3v) is 1.18. The van der Waals surface area contributed by atoms with Crippen molar-refractivity contribution < 1.29 is 0 Å². The van der Waals surface area contributed by atoms with E-state index in [9.17, 15) is 0 Å². The van der Waals surface area contributed by atoms with Crippen molar-refractivity contribution in [3.05, 3.63) is 16.0 Å². The van der Waals surface area contributed by atoms with Crippen molar-refractivity contribution in [2.75, 3.05) is 0 Å².